The van der Waals surface area contributed by atoms with Crippen LogP contribution in [0.1, 0.15) is 22.8 Å². The van der Waals surface area contributed by atoms with Crippen molar-refractivity contribution < 1.29 is 21.6 Å². The molecule has 0 saturated heterocycles. The lowest BCUT2D eigenvalue weighted by atomic mass is 10.1. The molecule has 3 aromatic carbocycles. The summed E-state index contributed by atoms with van der Waals surface area (Å²) in [7, 11) is -4.58. The van der Waals surface area contributed by atoms with Gasteiger partial charge in [0.15, 0.2) is 0 Å². The van der Waals surface area contributed by atoms with Crippen LogP contribution in [0.4, 0.5) is 11.4 Å². The second-order valence-corrected chi connectivity index (χ2v) is 12.2. The third-order valence-electron chi connectivity index (χ3n) is 5.69. The van der Waals surface area contributed by atoms with E-state index >= 15 is 0 Å². The zero-order chi connectivity index (χ0) is 24.7. The number of amides is 1. The topological polar surface area (TPSA) is 104 Å². The van der Waals surface area contributed by atoms with Gasteiger partial charge in [-0.15, -0.1) is 0 Å². The minimum absolute atomic E-state index is 0.0242. The lowest BCUT2D eigenvalue weighted by molar-refractivity contribution is 0.102. The Morgan fingerprint density at radius 1 is 0.912 bits per heavy atom. The zero-order valence-corrected chi connectivity index (χ0v) is 20.6. The molecule has 3 aromatic rings. The number of rotatable bonds is 6. The second kappa shape index (κ2) is 8.86. The molecule has 0 bridgehead atoms. The van der Waals surface area contributed by atoms with Crippen LogP contribution in [0.3, 0.4) is 0 Å². The lowest BCUT2D eigenvalue weighted by Gasteiger charge is -2.24. The van der Waals surface area contributed by atoms with Crippen molar-refractivity contribution in [1.82, 2.24) is 4.31 Å². The number of fused-ring (bicyclic) bond motifs is 1. The maximum absolute atomic E-state index is 13.5. The van der Waals surface area contributed by atoms with E-state index in [1.165, 1.54) is 66.9 Å². The fourth-order valence-corrected chi connectivity index (χ4v) is 6.58. The Hall–Kier alpha value is -3.21. The smallest absolute Gasteiger partial charge is 0.264 e. The highest BCUT2D eigenvalue weighted by molar-refractivity contribution is 7.93. The molecule has 0 radical (unpaired) electrons. The molecule has 1 heterocycles. The maximum Gasteiger partial charge on any atom is 0.264 e. The van der Waals surface area contributed by atoms with Crippen LogP contribution >= 0.6 is 0 Å². The predicted molar refractivity (Wildman–Crippen MR) is 131 cm³/mol. The van der Waals surface area contributed by atoms with Gasteiger partial charge in [0.2, 0.25) is 10.0 Å². The third kappa shape index (κ3) is 4.31. The molecule has 1 N–H and O–H groups in total. The molecule has 8 nitrogen and oxygen atoms in total. The molecular formula is C24H25N3O5S2. The summed E-state index contributed by atoms with van der Waals surface area (Å²) in [6.45, 7) is 1.86. The molecule has 0 spiro atoms. The van der Waals surface area contributed by atoms with Gasteiger partial charge in [-0.05, 0) is 67.4 Å². The molecule has 0 unspecified atom stereocenters. The Labute approximate surface area is 199 Å². The number of anilines is 2. The highest BCUT2D eigenvalue weighted by atomic mass is 32.2. The highest BCUT2D eigenvalue weighted by Gasteiger charge is 2.36. The quantitative estimate of drug-likeness (QED) is 0.560. The summed E-state index contributed by atoms with van der Waals surface area (Å²) in [5, 5.41) is 2.68. The zero-order valence-electron chi connectivity index (χ0n) is 19.0. The summed E-state index contributed by atoms with van der Waals surface area (Å²) in [4.78, 5) is 12.9. The molecule has 0 aromatic heterocycles. The van der Waals surface area contributed by atoms with Crippen LogP contribution in [0.2, 0.25) is 0 Å². The monoisotopic (exact) mass is 499 g/mol. The number of benzene rings is 3. The number of nitrogens with one attached hydrogen (secondary N) is 1. The summed E-state index contributed by atoms with van der Waals surface area (Å²) in [5.74, 6) is -0.505. The van der Waals surface area contributed by atoms with Crippen LogP contribution in [0, 0.1) is 0 Å². The minimum atomic E-state index is -3.88. The second-order valence-electron chi connectivity index (χ2n) is 8.28. The van der Waals surface area contributed by atoms with Crippen molar-refractivity contribution in [3.63, 3.8) is 0 Å². The minimum Gasteiger partial charge on any atom is -0.322 e. The predicted octanol–water partition coefficient (Wildman–Crippen LogP) is 3.33. The van der Waals surface area contributed by atoms with Gasteiger partial charge in [-0.1, -0.05) is 24.3 Å². The number of para-hydroxylation sites is 1. The van der Waals surface area contributed by atoms with E-state index in [0.717, 1.165) is 9.87 Å². The summed E-state index contributed by atoms with van der Waals surface area (Å²) in [6, 6.07) is 18.8. The first-order valence-corrected chi connectivity index (χ1v) is 13.5. The van der Waals surface area contributed by atoms with Gasteiger partial charge in [-0.3, -0.25) is 9.10 Å². The molecule has 10 heteroatoms. The first-order chi connectivity index (χ1) is 16.0. The summed E-state index contributed by atoms with van der Waals surface area (Å²) >= 11 is 0. The molecule has 34 heavy (non-hydrogen) atoms. The van der Waals surface area contributed by atoms with E-state index in [2.05, 4.69) is 5.32 Å². The molecule has 0 fully saturated rings. The molecule has 0 saturated carbocycles. The Morgan fingerprint density at radius 3 is 2.26 bits per heavy atom. The van der Waals surface area contributed by atoms with E-state index in [1.807, 2.05) is 19.1 Å². The molecule has 1 amide bonds. The van der Waals surface area contributed by atoms with Crippen LogP contribution in [-0.4, -0.2) is 47.2 Å². The van der Waals surface area contributed by atoms with Gasteiger partial charge in [0.1, 0.15) is 0 Å². The standard InChI is InChI=1S/C24H25N3O5S2/c1-17-15-18-7-4-5-10-23(18)27(17)34(31,32)22-9-6-8-19(16-22)24(28)25-20-11-13-21(14-12-20)33(29,30)26(2)3/h4-14,16-17H,15H2,1-3H3,(H,25,28)/t17-/m1/s1. The Balaban J connectivity index is 1.58. The number of hydrogen-bond acceptors (Lipinski definition) is 5. The summed E-state index contributed by atoms with van der Waals surface area (Å²) in [6.07, 6.45) is 0.620. The molecule has 1 atom stereocenters. The van der Waals surface area contributed by atoms with E-state index < -0.39 is 26.0 Å². The van der Waals surface area contributed by atoms with Crippen LogP contribution in [0.5, 0.6) is 0 Å². The van der Waals surface area contributed by atoms with E-state index in [0.29, 0.717) is 17.8 Å². The Morgan fingerprint density at radius 2 is 1.59 bits per heavy atom. The molecule has 1 aliphatic heterocycles. The number of sulfonamides is 2. The van der Waals surface area contributed by atoms with Crippen LogP contribution in [0.25, 0.3) is 0 Å². The molecular weight excluding hydrogens is 474 g/mol. The van der Waals surface area contributed by atoms with Gasteiger partial charge in [-0.25, -0.2) is 21.1 Å². The van der Waals surface area contributed by atoms with Crippen molar-refractivity contribution in [2.45, 2.75) is 29.2 Å². The van der Waals surface area contributed by atoms with E-state index in [1.54, 1.807) is 12.1 Å². The van der Waals surface area contributed by atoms with Crippen LogP contribution in [-0.2, 0) is 26.5 Å². The van der Waals surface area contributed by atoms with Gasteiger partial charge in [-0.2, -0.15) is 0 Å². The number of carbonyl (C=O) groups is 1. The van der Waals surface area contributed by atoms with E-state index in [9.17, 15) is 21.6 Å². The normalized spacial score (nSPS) is 15.9. The van der Waals surface area contributed by atoms with E-state index in [-0.39, 0.29) is 21.4 Å². The maximum atomic E-state index is 13.5. The first-order valence-electron chi connectivity index (χ1n) is 10.6. The molecule has 4 rings (SSSR count). The Bertz CT molecular complexity index is 1450. The van der Waals surface area contributed by atoms with Gasteiger partial charge in [0.05, 0.1) is 15.5 Å². The lowest BCUT2D eigenvalue weighted by Crippen LogP contribution is -2.35. The number of carbonyl (C=O) groups excluding carboxylic acids is 1. The van der Waals surface area contributed by atoms with Crippen molar-refractivity contribution in [3.05, 3.63) is 83.9 Å². The number of hydrogen-bond donors (Lipinski definition) is 1. The van der Waals surface area contributed by atoms with Gasteiger partial charge < -0.3 is 5.32 Å². The van der Waals surface area contributed by atoms with Gasteiger partial charge in [0.25, 0.3) is 15.9 Å². The van der Waals surface area contributed by atoms with Gasteiger partial charge >= 0.3 is 0 Å². The van der Waals surface area contributed by atoms with Crippen LogP contribution in [0.15, 0.2) is 82.6 Å². The fourth-order valence-electron chi connectivity index (χ4n) is 3.94. The molecule has 1 aliphatic rings. The highest BCUT2D eigenvalue weighted by Crippen LogP contribution is 2.36. The van der Waals surface area contributed by atoms with Crippen molar-refractivity contribution >= 4 is 37.3 Å². The summed E-state index contributed by atoms with van der Waals surface area (Å²) in [5.41, 5.74) is 2.18. The molecule has 178 valence electrons. The van der Waals surface area contributed by atoms with Crippen molar-refractivity contribution in [2.75, 3.05) is 23.7 Å². The average molecular weight is 500 g/mol. The van der Waals surface area contributed by atoms with E-state index in [4.69, 9.17) is 0 Å². The van der Waals surface area contributed by atoms with Crippen molar-refractivity contribution in [3.8, 4) is 0 Å². The third-order valence-corrected chi connectivity index (χ3v) is 9.44. The first kappa shape index (κ1) is 23.9. The van der Waals surface area contributed by atoms with Gasteiger partial charge in [0, 0.05) is 31.4 Å². The fraction of sp³-hybridized carbons (Fsp3) is 0.208. The van der Waals surface area contributed by atoms with Crippen LogP contribution < -0.4 is 9.62 Å². The van der Waals surface area contributed by atoms with Crippen molar-refractivity contribution in [1.29, 1.82) is 0 Å². The SMILES string of the molecule is C[C@@H]1Cc2ccccc2N1S(=O)(=O)c1cccc(C(=O)Nc2ccc(S(=O)(=O)N(C)C)cc2)c1. The Kier molecular flexibility index (Phi) is 6.24. The summed E-state index contributed by atoms with van der Waals surface area (Å²) < 4.78 is 53.8. The average Bonchev–Trinajstić information content (AvgIpc) is 3.15. The number of nitrogens with zero attached hydrogens (tertiary/aromatic N) is 2. The largest absolute Gasteiger partial charge is 0.322 e. The molecule has 0 aliphatic carbocycles. The van der Waals surface area contributed by atoms with Crippen molar-refractivity contribution in [2.24, 2.45) is 0 Å².